The maximum absolute atomic E-state index is 12.5. The topological polar surface area (TPSA) is 20.3 Å². The van der Waals surface area contributed by atoms with Crippen LogP contribution in [0.1, 0.15) is 20.6 Å². The van der Waals surface area contributed by atoms with Crippen LogP contribution >= 0.6 is 34.7 Å². The summed E-state index contributed by atoms with van der Waals surface area (Å²) in [6.07, 6.45) is 0. The highest BCUT2D eigenvalue weighted by atomic mass is 35.5. The average Bonchev–Trinajstić information content (AvgIpc) is 3.09. The van der Waals surface area contributed by atoms with Gasteiger partial charge in [0, 0.05) is 27.8 Å². The second kappa shape index (κ2) is 5.57. The second-order valence-corrected chi connectivity index (χ2v) is 6.85. The number of benzene rings is 1. The van der Waals surface area contributed by atoms with Crippen LogP contribution in [0.25, 0.3) is 0 Å². The Balaban J connectivity index is 1.84. The van der Waals surface area contributed by atoms with E-state index >= 15 is 0 Å². The molecule has 0 radical (unpaired) electrons. The van der Waals surface area contributed by atoms with Gasteiger partial charge in [0.15, 0.2) is 0 Å². The first-order chi connectivity index (χ1) is 9.25. The zero-order valence-electron chi connectivity index (χ0n) is 10.1. The molecule has 5 heteroatoms. The van der Waals surface area contributed by atoms with Gasteiger partial charge in [-0.05, 0) is 35.7 Å². The number of halogens is 1. The third-order valence-electron chi connectivity index (χ3n) is 3.03. The van der Waals surface area contributed by atoms with E-state index in [2.05, 4.69) is 11.4 Å². The normalized spacial score (nSPS) is 18.8. The van der Waals surface area contributed by atoms with Crippen molar-refractivity contribution in [1.82, 2.24) is 4.90 Å². The smallest absolute Gasteiger partial charge is 0.255 e. The van der Waals surface area contributed by atoms with E-state index in [0.717, 1.165) is 12.3 Å². The number of thioether (sulfide) groups is 1. The highest BCUT2D eigenvalue weighted by Gasteiger charge is 2.31. The zero-order chi connectivity index (χ0) is 13.2. The molecule has 0 unspecified atom stereocenters. The number of carbonyl (C=O) groups is 1. The van der Waals surface area contributed by atoms with E-state index in [4.69, 9.17) is 11.6 Å². The van der Waals surface area contributed by atoms with Crippen molar-refractivity contribution in [2.75, 3.05) is 12.3 Å². The van der Waals surface area contributed by atoms with Crippen molar-refractivity contribution >= 4 is 40.6 Å². The molecule has 1 atom stereocenters. The molecule has 1 aromatic heterocycles. The van der Waals surface area contributed by atoms with Crippen molar-refractivity contribution in [2.45, 2.75) is 5.37 Å². The number of thiophene rings is 1. The Labute approximate surface area is 125 Å². The molecule has 19 heavy (non-hydrogen) atoms. The van der Waals surface area contributed by atoms with Crippen LogP contribution in [0, 0.1) is 0 Å². The van der Waals surface area contributed by atoms with Gasteiger partial charge in [0.25, 0.3) is 5.91 Å². The number of amides is 1. The van der Waals surface area contributed by atoms with E-state index in [1.165, 1.54) is 4.88 Å². The monoisotopic (exact) mass is 309 g/mol. The number of hydrogen-bond donors (Lipinski definition) is 0. The molecule has 1 fully saturated rings. The average molecular weight is 310 g/mol. The molecule has 1 aliphatic heterocycles. The lowest BCUT2D eigenvalue weighted by Crippen LogP contribution is -2.30. The first-order valence-corrected chi connectivity index (χ1v) is 8.28. The van der Waals surface area contributed by atoms with Crippen LogP contribution < -0.4 is 0 Å². The third-order valence-corrected chi connectivity index (χ3v) is 5.60. The second-order valence-electron chi connectivity index (χ2n) is 4.24. The maximum Gasteiger partial charge on any atom is 0.255 e. The minimum atomic E-state index is 0.0834. The van der Waals surface area contributed by atoms with E-state index in [-0.39, 0.29) is 11.3 Å². The van der Waals surface area contributed by atoms with E-state index < -0.39 is 0 Å². The van der Waals surface area contributed by atoms with Crippen LogP contribution in [-0.2, 0) is 0 Å². The van der Waals surface area contributed by atoms with Crippen LogP contribution in [0.2, 0.25) is 5.02 Å². The maximum atomic E-state index is 12.5. The highest BCUT2D eigenvalue weighted by molar-refractivity contribution is 7.99. The molecule has 0 spiro atoms. The van der Waals surface area contributed by atoms with E-state index in [1.54, 1.807) is 35.6 Å². The Morgan fingerprint density at radius 1 is 1.26 bits per heavy atom. The molecule has 2 heterocycles. The van der Waals surface area contributed by atoms with Crippen LogP contribution in [0.3, 0.4) is 0 Å². The summed E-state index contributed by atoms with van der Waals surface area (Å²) in [6, 6.07) is 11.2. The lowest BCUT2D eigenvalue weighted by Gasteiger charge is -2.23. The molecule has 98 valence electrons. The van der Waals surface area contributed by atoms with Gasteiger partial charge in [-0.1, -0.05) is 17.7 Å². The quantitative estimate of drug-likeness (QED) is 0.825. The summed E-state index contributed by atoms with van der Waals surface area (Å²) in [5.74, 6) is 1.07. The van der Waals surface area contributed by atoms with Crippen molar-refractivity contribution in [3.8, 4) is 0 Å². The van der Waals surface area contributed by atoms with Crippen molar-refractivity contribution < 1.29 is 4.79 Å². The van der Waals surface area contributed by atoms with Crippen molar-refractivity contribution in [1.29, 1.82) is 0 Å². The predicted octanol–water partition coefficient (Wildman–Crippen LogP) is 4.29. The molecule has 3 rings (SSSR count). The van der Waals surface area contributed by atoms with Crippen LogP contribution in [0.4, 0.5) is 0 Å². The first-order valence-electron chi connectivity index (χ1n) is 5.97. The molecular weight excluding hydrogens is 298 g/mol. The number of carbonyl (C=O) groups excluding carboxylic acids is 1. The SMILES string of the molecule is O=C(c1ccc(Cl)cc1)N1CCS[C@H]1c1cccs1. The van der Waals surface area contributed by atoms with Gasteiger partial charge in [-0.3, -0.25) is 4.79 Å². The summed E-state index contributed by atoms with van der Waals surface area (Å²) in [7, 11) is 0. The van der Waals surface area contributed by atoms with E-state index in [1.807, 2.05) is 22.7 Å². The fraction of sp³-hybridized carbons (Fsp3) is 0.214. The highest BCUT2D eigenvalue weighted by Crippen LogP contribution is 2.40. The van der Waals surface area contributed by atoms with Crippen LogP contribution in [0.15, 0.2) is 41.8 Å². The molecule has 1 saturated heterocycles. The third kappa shape index (κ3) is 2.66. The summed E-state index contributed by atoms with van der Waals surface area (Å²) in [6.45, 7) is 0.800. The van der Waals surface area contributed by atoms with Gasteiger partial charge in [0.1, 0.15) is 5.37 Å². The Morgan fingerprint density at radius 3 is 2.74 bits per heavy atom. The molecule has 0 N–H and O–H groups in total. The number of hydrogen-bond acceptors (Lipinski definition) is 3. The summed E-state index contributed by atoms with van der Waals surface area (Å²) in [4.78, 5) is 15.7. The first kappa shape index (κ1) is 13.0. The van der Waals surface area contributed by atoms with Gasteiger partial charge in [0.05, 0.1) is 0 Å². The lowest BCUT2D eigenvalue weighted by molar-refractivity contribution is 0.0762. The predicted molar refractivity (Wildman–Crippen MR) is 82.0 cm³/mol. The lowest BCUT2D eigenvalue weighted by atomic mass is 10.2. The van der Waals surface area contributed by atoms with E-state index in [0.29, 0.717) is 10.6 Å². The molecule has 0 saturated carbocycles. The summed E-state index contributed by atoms with van der Waals surface area (Å²) in [5.41, 5.74) is 0.702. The zero-order valence-corrected chi connectivity index (χ0v) is 12.5. The minimum Gasteiger partial charge on any atom is -0.321 e. The van der Waals surface area contributed by atoms with Crippen molar-refractivity contribution in [2.24, 2.45) is 0 Å². The standard InChI is InChI=1S/C14H12ClNOS2/c15-11-5-3-10(4-6-11)13(17)16-7-9-19-14(16)12-2-1-8-18-12/h1-6,8,14H,7,9H2/t14-/m0/s1. The largest absolute Gasteiger partial charge is 0.321 e. The Morgan fingerprint density at radius 2 is 2.05 bits per heavy atom. The summed E-state index contributed by atoms with van der Waals surface area (Å²) >= 11 is 9.39. The van der Waals surface area contributed by atoms with Gasteiger partial charge in [-0.2, -0.15) is 0 Å². The number of rotatable bonds is 2. The fourth-order valence-corrected chi connectivity index (χ4v) is 4.46. The summed E-state index contributed by atoms with van der Waals surface area (Å²) < 4.78 is 0. The Hall–Kier alpha value is -0.970. The van der Waals surface area contributed by atoms with E-state index in [9.17, 15) is 4.79 Å². The van der Waals surface area contributed by atoms with Gasteiger partial charge < -0.3 is 4.90 Å². The molecule has 0 aliphatic carbocycles. The fourth-order valence-electron chi connectivity index (χ4n) is 2.10. The van der Waals surface area contributed by atoms with Crippen molar-refractivity contribution in [3.63, 3.8) is 0 Å². The van der Waals surface area contributed by atoms with Gasteiger partial charge in [-0.25, -0.2) is 0 Å². The minimum absolute atomic E-state index is 0.0834. The van der Waals surface area contributed by atoms with Crippen molar-refractivity contribution in [3.05, 3.63) is 57.2 Å². The molecular formula is C14H12ClNOS2. The van der Waals surface area contributed by atoms with Gasteiger partial charge in [0.2, 0.25) is 0 Å². The van der Waals surface area contributed by atoms with Crippen LogP contribution in [0.5, 0.6) is 0 Å². The Kier molecular flexibility index (Phi) is 3.82. The Bertz CT molecular complexity index is 568. The molecule has 1 aliphatic rings. The number of nitrogens with zero attached hydrogens (tertiary/aromatic N) is 1. The van der Waals surface area contributed by atoms with Gasteiger partial charge in [-0.15, -0.1) is 23.1 Å². The molecule has 1 amide bonds. The molecule has 2 nitrogen and oxygen atoms in total. The van der Waals surface area contributed by atoms with Crippen LogP contribution in [-0.4, -0.2) is 23.1 Å². The summed E-state index contributed by atoms with van der Waals surface area (Å²) in [5, 5.41) is 2.87. The van der Waals surface area contributed by atoms with Gasteiger partial charge >= 0.3 is 0 Å². The molecule has 1 aromatic carbocycles. The molecule has 0 bridgehead atoms. The molecule has 2 aromatic rings.